The Hall–Kier alpha value is -2.17. The van der Waals surface area contributed by atoms with E-state index in [9.17, 15) is 4.79 Å². The molecule has 0 fully saturated rings. The topological polar surface area (TPSA) is 59.8 Å². The summed E-state index contributed by atoms with van der Waals surface area (Å²) in [4.78, 5) is 11.6. The molecule has 0 spiro atoms. The molecule has 0 atom stereocenters. The van der Waals surface area contributed by atoms with E-state index < -0.39 is 0 Å². The number of hydrogen-bond donors (Lipinski definition) is 1. The Bertz CT molecular complexity index is 603. The normalized spacial score (nSPS) is 13.5. The molecule has 1 N–H and O–H groups in total. The van der Waals surface area contributed by atoms with Crippen molar-refractivity contribution in [3.63, 3.8) is 0 Å². The van der Waals surface area contributed by atoms with Crippen LogP contribution in [0.4, 0.5) is 0 Å². The van der Waals surface area contributed by atoms with Gasteiger partial charge in [0.2, 0.25) is 0 Å². The summed E-state index contributed by atoms with van der Waals surface area (Å²) in [5, 5.41) is 10.7. The summed E-state index contributed by atoms with van der Waals surface area (Å²) in [5.74, 6) is 0.991. The Morgan fingerprint density at radius 1 is 1.39 bits per heavy atom. The number of aryl methyl sites for hydroxylation is 3. The molecule has 1 aromatic carbocycles. The molecular formula is C13H14N4O. The maximum absolute atomic E-state index is 11.6. The molecule has 92 valence electrons. The summed E-state index contributed by atoms with van der Waals surface area (Å²) in [6.45, 7) is 0.651. The lowest BCUT2D eigenvalue weighted by Gasteiger charge is -2.03. The molecule has 3 rings (SSSR count). The Morgan fingerprint density at radius 2 is 2.28 bits per heavy atom. The highest BCUT2D eigenvalue weighted by Gasteiger charge is 2.18. The largest absolute Gasteiger partial charge is 0.348 e. The van der Waals surface area contributed by atoms with E-state index in [1.807, 2.05) is 23.7 Å². The number of rotatable bonds is 3. The first-order chi connectivity index (χ1) is 8.74. The van der Waals surface area contributed by atoms with E-state index in [1.165, 1.54) is 0 Å². The molecule has 0 unspecified atom stereocenters. The summed E-state index contributed by atoms with van der Waals surface area (Å²) in [6, 6.07) is 6.09. The molecule has 1 aliphatic heterocycles. The zero-order valence-corrected chi connectivity index (χ0v) is 10.2. The number of aromatic nitrogens is 3. The Kier molecular flexibility index (Phi) is 2.59. The number of nitrogens with one attached hydrogen (secondary N) is 1. The van der Waals surface area contributed by atoms with Crippen molar-refractivity contribution in [1.29, 1.82) is 0 Å². The van der Waals surface area contributed by atoms with Crippen molar-refractivity contribution in [3.8, 4) is 0 Å². The second-order valence-electron chi connectivity index (χ2n) is 4.53. The van der Waals surface area contributed by atoms with Crippen molar-refractivity contribution in [2.24, 2.45) is 7.05 Å². The first-order valence-electron chi connectivity index (χ1n) is 5.97. The molecule has 5 heteroatoms. The molecule has 1 amide bonds. The molecule has 2 heterocycles. The number of carbonyl (C=O) groups is 1. The van der Waals surface area contributed by atoms with Gasteiger partial charge < -0.3 is 9.88 Å². The van der Waals surface area contributed by atoms with Crippen LogP contribution in [-0.2, 0) is 26.4 Å². The molecule has 0 saturated heterocycles. The minimum absolute atomic E-state index is 0.0329. The van der Waals surface area contributed by atoms with Gasteiger partial charge in [0.25, 0.3) is 5.91 Å². The fourth-order valence-corrected chi connectivity index (χ4v) is 2.20. The molecule has 5 nitrogen and oxygen atoms in total. The molecule has 1 aromatic heterocycles. The monoisotopic (exact) mass is 242 g/mol. The van der Waals surface area contributed by atoms with Crippen LogP contribution >= 0.6 is 0 Å². The van der Waals surface area contributed by atoms with E-state index in [2.05, 4.69) is 21.6 Å². The van der Waals surface area contributed by atoms with Crippen molar-refractivity contribution in [2.45, 2.75) is 19.4 Å². The first kappa shape index (κ1) is 11.0. The molecular weight excluding hydrogens is 228 g/mol. The zero-order valence-electron chi connectivity index (χ0n) is 10.2. The first-order valence-corrected chi connectivity index (χ1v) is 5.97. The van der Waals surface area contributed by atoms with Crippen LogP contribution < -0.4 is 5.32 Å². The molecule has 0 bridgehead atoms. The van der Waals surface area contributed by atoms with Gasteiger partial charge in [0.05, 0.1) is 0 Å². The maximum Gasteiger partial charge on any atom is 0.251 e. The van der Waals surface area contributed by atoms with Crippen molar-refractivity contribution in [1.82, 2.24) is 20.1 Å². The van der Waals surface area contributed by atoms with Gasteiger partial charge in [-0.25, -0.2) is 0 Å². The number of nitrogens with zero attached hydrogens (tertiary/aromatic N) is 3. The van der Waals surface area contributed by atoms with E-state index >= 15 is 0 Å². The quantitative estimate of drug-likeness (QED) is 0.867. The van der Waals surface area contributed by atoms with Crippen molar-refractivity contribution < 1.29 is 4.79 Å². The number of amides is 1. The van der Waals surface area contributed by atoms with Crippen LogP contribution in [0.1, 0.15) is 27.3 Å². The Balaban J connectivity index is 1.76. The van der Waals surface area contributed by atoms with Gasteiger partial charge in [-0.15, -0.1) is 10.2 Å². The highest BCUT2D eigenvalue weighted by Crippen LogP contribution is 2.18. The summed E-state index contributed by atoms with van der Waals surface area (Å²) in [7, 11) is 1.94. The van der Waals surface area contributed by atoms with E-state index in [-0.39, 0.29) is 5.91 Å². The minimum atomic E-state index is 0.0329. The van der Waals surface area contributed by atoms with E-state index in [1.54, 1.807) is 6.33 Å². The number of fused-ring (bicyclic) bond motifs is 1. The average molecular weight is 242 g/mol. The third kappa shape index (κ3) is 1.88. The third-order valence-electron chi connectivity index (χ3n) is 3.30. The van der Waals surface area contributed by atoms with Crippen LogP contribution in [0, 0.1) is 0 Å². The predicted molar refractivity (Wildman–Crippen MR) is 66.0 cm³/mol. The lowest BCUT2D eigenvalue weighted by molar-refractivity contribution is 0.0965. The number of carbonyl (C=O) groups excluding carboxylic acids is 1. The van der Waals surface area contributed by atoms with E-state index in [0.717, 1.165) is 35.4 Å². The summed E-state index contributed by atoms with van der Waals surface area (Å²) in [5.41, 5.74) is 3.06. The van der Waals surface area contributed by atoms with Crippen molar-refractivity contribution in [2.75, 3.05) is 0 Å². The highest BCUT2D eigenvalue weighted by molar-refractivity contribution is 5.98. The molecule has 1 aliphatic rings. The smallest absolute Gasteiger partial charge is 0.251 e. The summed E-state index contributed by atoms with van der Waals surface area (Å²) >= 11 is 0. The van der Waals surface area contributed by atoms with E-state index in [4.69, 9.17) is 0 Å². The van der Waals surface area contributed by atoms with Crippen molar-refractivity contribution >= 4 is 5.91 Å². The maximum atomic E-state index is 11.6. The van der Waals surface area contributed by atoms with Crippen LogP contribution in [0.5, 0.6) is 0 Å². The Labute approximate surface area is 105 Å². The average Bonchev–Trinajstić information content (AvgIpc) is 2.94. The molecule has 2 aromatic rings. The van der Waals surface area contributed by atoms with Crippen LogP contribution in [-0.4, -0.2) is 20.7 Å². The number of hydrogen-bond acceptors (Lipinski definition) is 3. The zero-order chi connectivity index (χ0) is 12.5. The third-order valence-corrected chi connectivity index (χ3v) is 3.30. The van der Waals surface area contributed by atoms with Gasteiger partial charge in [0.1, 0.15) is 12.2 Å². The SMILES string of the molecule is Cn1cnnc1CCc1ccc2c(c1)C(=O)NC2. The number of benzene rings is 1. The second-order valence-corrected chi connectivity index (χ2v) is 4.53. The molecule has 18 heavy (non-hydrogen) atoms. The van der Waals surface area contributed by atoms with Gasteiger partial charge in [-0.05, 0) is 23.6 Å². The Morgan fingerprint density at radius 3 is 3.06 bits per heavy atom. The van der Waals surface area contributed by atoms with Gasteiger partial charge in [0, 0.05) is 25.6 Å². The van der Waals surface area contributed by atoms with Gasteiger partial charge in [-0.1, -0.05) is 12.1 Å². The minimum Gasteiger partial charge on any atom is -0.348 e. The lowest BCUT2D eigenvalue weighted by atomic mass is 10.0. The van der Waals surface area contributed by atoms with Crippen LogP contribution in [0.3, 0.4) is 0 Å². The summed E-state index contributed by atoms with van der Waals surface area (Å²) in [6.07, 6.45) is 3.40. The van der Waals surface area contributed by atoms with Gasteiger partial charge in [0.15, 0.2) is 0 Å². The van der Waals surface area contributed by atoms with Gasteiger partial charge in [-0.3, -0.25) is 4.79 Å². The summed E-state index contributed by atoms with van der Waals surface area (Å²) < 4.78 is 1.92. The van der Waals surface area contributed by atoms with Crippen LogP contribution in [0.2, 0.25) is 0 Å². The fraction of sp³-hybridized carbons (Fsp3) is 0.308. The van der Waals surface area contributed by atoms with E-state index in [0.29, 0.717) is 6.54 Å². The van der Waals surface area contributed by atoms with Gasteiger partial charge in [-0.2, -0.15) is 0 Å². The van der Waals surface area contributed by atoms with Crippen molar-refractivity contribution in [3.05, 3.63) is 47.0 Å². The predicted octanol–water partition coefficient (Wildman–Crippen LogP) is 0.844. The second kappa shape index (κ2) is 4.25. The van der Waals surface area contributed by atoms with Gasteiger partial charge >= 0.3 is 0 Å². The molecule has 0 saturated carbocycles. The fourth-order valence-electron chi connectivity index (χ4n) is 2.20. The van der Waals surface area contributed by atoms with Crippen LogP contribution in [0.15, 0.2) is 24.5 Å². The molecule has 0 radical (unpaired) electrons. The standard InChI is InChI=1S/C13H14N4O/c1-17-8-15-16-12(17)5-3-9-2-4-10-7-14-13(18)11(10)6-9/h2,4,6,8H,3,5,7H2,1H3,(H,14,18). The molecule has 0 aliphatic carbocycles. The highest BCUT2D eigenvalue weighted by atomic mass is 16.1. The van der Waals surface area contributed by atoms with Crippen LogP contribution in [0.25, 0.3) is 0 Å². The lowest BCUT2D eigenvalue weighted by Crippen LogP contribution is -2.12.